The fourth-order valence-corrected chi connectivity index (χ4v) is 2.53. The summed E-state index contributed by atoms with van der Waals surface area (Å²) in [5, 5.41) is 10.3. The maximum absolute atomic E-state index is 10.1. The van der Waals surface area contributed by atoms with Gasteiger partial charge in [-0.1, -0.05) is 41.2 Å². The lowest BCUT2D eigenvalue weighted by molar-refractivity contribution is 0.152. The second-order valence-electron chi connectivity index (χ2n) is 7.45. The minimum absolute atomic E-state index is 0.165. The zero-order valence-electron chi connectivity index (χ0n) is 13.8. The molecule has 0 rings (SSSR count). The van der Waals surface area contributed by atoms with Crippen LogP contribution in [0.1, 0.15) is 41.0 Å². The van der Waals surface area contributed by atoms with Crippen molar-refractivity contribution < 1.29 is 9.53 Å². The maximum Gasteiger partial charge on any atom is 0.192 e. The second-order valence-corrected chi connectivity index (χ2v) is 12.3. The van der Waals surface area contributed by atoms with Gasteiger partial charge in [0, 0.05) is 6.04 Å². The largest absolute Gasteiger partial charge is 0.413 e. The van der Waals surface area contributed by atoms with Gasteiger partial charge in [0.2, 0.25) is 0 Å². The molecule has 0 aromatic carbocycles. The highest BCUT2D eigenvalue weighted by molar-refractivity contribution is 6.74. The molecule has 3 nitrogen and oxygen atoms in total. The van der Waals surface area contributed by atoms with Gasteiger partial charge < -0.3 is 15.3 Å². The quantitative estimate of drug-likeness (QED) is 0.558. The third kappa shape index (κ3) is 6.21. The SMILES string of the molecule is C=C(CO[Si](C)(C)C(C)(C)C)[C@@H](O)[C@@H](N)CC(C)C. The normalized spacial score (nSPS) is 16.5. The van der Waals surface area contributed by atoms with E-state index in [1.165, 1.54) is 0 Å². The average Bonchev–Trinajstić information content (AvgIpc) is 2.22. The molecule has 0 aliphatic carbocycles. The number of aliphatic hydroxyl groups excluding tert-OH is 1. The first-order chi connectivity index (χ1) is 8.38. The van der Waals surface area contributed by atoms with Crippen LogP contribution in [0.5, 0.6) is 0 Å². The van der Waals surface area contributed by atoms with E-state index >= 15 is 0 Å². The summed E-state index contributed by atoms with van der Waals surface area (Å²) in [6.45, 7) is 19.5. The number of hydrogen-bond acceptors (Lipinski definition) is 3. The molecule has 0 aromatic heterocycles. The third-order valence-electron chi connectivity index (χ3n) is 3.99. The van der Waals surface area contributed by atoms with Crippen LogP contribution >= 0.6 is 0 Å². The van der Waals surface area contributed by atoms with Crippen LogP contribution in [-0.4, -0.2) is 32.2 Å². The number of aliphatic hydroxyl groups is 1. The number of nitrogens with two attached hydrogens (primary N) is 1. The molecule has 0 unspecified atom stereocenters. The van der Waals surface area contributed by atoms with Crippen molar-refractivity contribution in [3.8, 4) is 0 Å². The van der Waals surface area contributed by atoms with E-state index in [0.29, 0.717) is 18.1 Å². The van der Waals surface area contributed by atoms with Gasteiger partial charge >= 0.3 is 0 Å². The lowest BCUT2D eigenvalue weighted by atomic mass is 9.96. The predicted octanol–water partition coefficient (Wildman–Crippen LogP) is 3.30. The lowest BCUT2D eigenvalue weighted by Gasteiger charge is -2.37. The molecular weight excluding hydrogens is 254 g/mol. The lowest BCUT2D eigenvalue weighted by Crippen LogP contribution is -2.43. The first kappa shape index (κ1) is 18.8. The fraction of sp³-hybridized carbons (Fsp3) is 0.867. The third-order valence-corrected chi connectivity index (χ3v) is 8.47. The molecule has 0 amide bonds. The highest BCUT2D eigenvalue weighted by Crippen LogP contribution is 2.36. The first-order valence-electron chi connectivity index (χ1n) is 7.13. The molecule has 0 aliphatic rings. The summed E-state index contributed by atoms with van der Waals surface area (Å²) in [6, 6.07) is -0.254. The molecule has 0 spiro atoms. The Morgan fingerprint density at radius 1 is 1.32 bits per heavy atom. The first-order valence-corrected chi connectivity index (χ1v) is 10.0. The fourth-order valence-electron chi connectivity index (χ4n) is 1.55. The Kier molecular flexibility index (Phi) is 6.96. The molecular formula is C15H33NO2Si. The average molecular weight is 288 g/mol. The Balaban J connectivity index is 4.40. The standard InChI is InChI=1S/C15H33NO2Si/c1-11(2)9-13(16)14(17)12(3)10-18-19(7,8)15(4,5)6/h11,13-14,17H,3,9-10,16H2,1-2,4-8H3/t13-,14+/m0/s1. The molecule has 0 heterocycles. The molecule has 19 heavy (non-hydrogen) atoms. The van der Waals surface area contributed by atoms with E-state index < -0.39 is 14.4 Å². The zero-order valence-corrected chi connectivity index (χ0v) is 14.8. The van der Waals surface area contributed by atoms with Crippen molar-refractivity contribution in [3.05, 3.63) is 12.2 Å². The van der Waals surface area contributed by atoms with Crippen LogP contribution < -0.4 is 5.73 Å². The number of rotatable bonds is 7. The van der Waals surface area contributed by atoms with Crippen LogP contribution in [0.15, 0.2) is 12.2 Å². The van der Waals surface area contributed by atoms with Crippen LogP contribution in [0.3, 0.4) is 0 Å². The molecule has 0 saturated carbocycles. The molecule has 0 saturated heterocycles. The molecule has 0 aliphatic heterocycles. The molecule has 4 heteroatoms. The summed E-state index contributed by atoms with van der Waals surface area (Å²) >= 11 is 0. The summed E-state index contributed by atoms with van der Waals surface area (Å²) in [6.07, 6.45) is 0.118. The summed E-state index contributed by atoms with van der Waals surface area (Å²) in [5.74, 6) is 0.471. The van der Waals surface area contributed by atoms with Gasteiger partial charge in [-0.15, -0.1) is 0 Å². The van der Waals surface area contributed by atoms with Crippen molar-refractivity contribution in [2.45, 2.75) is 71.3 Å². The van der Waals surface area contributed by atoms with Crippen LogP contribution in [0.25, 0.3) is 0 Å². The highest BCUT2D eigenvalue weighted by Gasteiger charge is 2.37. The minimum Gasteiger partial charge on any atom is -0.413 e. The summed E-state index contributed by atoms with van der Waals surface area (Å²) in [7, 11) is -1.79. The van der Waals surface area contributed by atoms with E-state index in [1.807, 2.05) is 0 Å². The Morgan fingerprint density at radius 2 is 1.79 bits per heavy atom. The van der Waals surface area contributed by atoms with Crippen LogP contribution in [0.2, 0.25) is 18.1 Å². The summed E-state index contributed by atoms with van der Waals surface area (Å²) in [5.41, 5.74) is 6.68. The van der Waals surface area contributed by atoms with E-state index in [0.717, 1.165) is 6.42 Å². The smallest absolute Gasteiger partial charge is 0.192 e. The van der Waals surface area contributed by atoms with Crippen molar-refractivity contribution in [2.24, 2.45) is 11.7 Å². The van der Waals surface area contributed by atoms with Gasteiger partial charge in [0.15, 0.2) is 8.32 Å². The van der Waals surface area contributed by atoms with Crippen LogP contribution in [-0.2, 0) is 4.43 Å². The van der Waals surface area contributed by atoms with Gasteiger partial charge in [0.25, 0.3) is 0 Å². The molecule has 0 radical (unpaired) electrons. The Hall–Kier alpha value is -0.163. The maximum atomic E-state index is 10.1. The van der Waals surface area contributed by atoms with Gasteiger partial charge in [-0.05, 0) is 36.0 Å². The summed E-state index contributed by atoms with van der Waals surface area (Å²) in [4.78, 5) is 0. The molecule has 2 atom stereocenters. The van der Waals surface area contributed by atoms with Crippen molar-refractivity contribution >= 4 is 8.32 Å². The number of hydrogen-bond donors (Lipinski definition) is 2. The predicted molar refractivity (Wildman–Crippen MR) is 85.7 cm³/mol. The van der Waals surface area contributed by atoms with Gasteiger partial charge in [-0.25, -0.2) is 0 Å². The van der Waals surface area contributed by atoms with Crippen LogP contribution in [0, 0.1) is 5.92 Å². The van der Waals surface area contributed by atoms with Gasteiger partial charge in [0.1, 0.15) is 0 Å². The van der Waals surface area contributed by atoms with Gasteiger partial charge in [-0.2, -0.15) is 0 Å². The molecule has 0 bridgehead atoms. The van der Waals surface area contributed by atoms with Gasteiger partial charge in [0.05, 0.1) is 12.7 Å². The van der Waals surface area contributed by atoms with Crippen molar-refractivity contribution in [3.63, 3.8) is 0 Å². The van der Waals surface area contributed by atoms with Crippen molar-refractivity contribution in [1.82, 2.24) is 0 Å². The molecule has 0 aromatic rings. The molecule has 114 valence electrons. The highest BCUT2D eigenvalue weighted by atomic mass is 28.4. The van der Waals surface area contributed by atoms with Crippen molar-refractivity contribution in [1.29, 1.82) is 0 Å². The minimum atomic E-state index is -1.79. The van der Waals surface area contributed by atoms with Crippen LogP contribution in [0.4, 0.5) is 0 Å². The molecule has 0 fully saturated rings. The zero-order chi connectivity index (χ0) is 15.4. The Bertz CT molecular complexity index is 295. The van der Waals surface area contributed by atoms with Gasteiger partial charge in [-0.3, -0.25) is 0 Å². The molecule has 3 N–H and O–H groups in total. The summed E-state index contributed by atoms with van der Waals surface area (Å²) < 4.78 is 6.06. The van der Waals surface area contributed by atoms with E-state index in [-0.39, 0.29) is 11.1 Å². The van der Waals surface area contributed by atoms with E-state index in [2.05, 4.69) is 54.3 Å². The Morgan fingerprint density at radius 3 is 2.16 bits per heavy atom. The second kappa shape index (κ2) is 7.02. The van der Waals surface area contributed by atoms with Crippen molar-refractivity contribution in [2.75, 3.05) is 6.61 Å². The van der Waals surface area contributed by atoms with E-state index in [1.54, 1.807) is 0 Å². The Labute approximate surface area is 120 Å². The van der Waals surface area contributed by atoms with E-state index in [9.17, 15) is 5.11 Å². The monoisotopic (exact) mass is 287 g/mol. The van der Waals surface area contributed by atoms with E-state index in [4.69, 9.17) is 10.2 Å². The topological polar surface area (TPSA) is 55.5 Å².